The molecule has 226 valence electrons. The molecule has 9 rings (SSSR count). The molecule has 1 aliphatic heterocycles. The van der Waals surface area contributed by atoms with Gasteiger partial charge in [-0.1, -0.05) is 146 Å². The summed E-state index contributed by atoms with van der Waals surface area (Å²) in [5.74, 6) is 1.76. The van der Waals surface area contributed by atoms with Crippen LogP contribution in [0.2, 0.25) is 0 Å². The summed E-state index contributed by atoms with van der Waals surface area (Å²) >= 11 is 0. The molecule has 2 nitrogen and oxygen atoms in total. The van der Waals surface area contributed by atoms with Crippen LogP contribution in [0.5, 0.6) is 11.5 Å². The molecule has 0 fully saturated rings. The first-order valence-corrected chi connectivity index (χ1v) is 16.4. The van der Waals surface area contributed by atoms with E-state index < -0.39 is 0 Å². The van der Waals surface area contributed by atoms with Crippen LogP contribution < -0.4 is 9.64 Å². The largest absolute Gasteiger partial charge is 0.456 e. The van der Waals surface area contributed by atoms with Crippen LogP contribution in [0, 0.1) is 0 Å². The van der Waals surface area contributed by atoms with Crippen molar-refractivity contribution in [2.45, 2.75) is 0 Å². The lowest BCUT2D eigenvalue weighted by atomic mass is 9.88. The van der Waals surface area contributed by atoms with Gasteiger partial charge in [-0.15, -0.1) is 0 Å². The second-order valence-electron chi connectivity index (χ2n) is 12.1. The van der Waals surface area contributed by atoms with Gasteiger partial charge in [-0.05, 0) is 81.4 Å². The fraction of sp³-hybridized carbons (Fsp3) is 0. The van der Waals surface area contributed by atoms with Crippen LogP contribution in [0.3, 0.4) is 0 Å². The van der Waals surface area contributed by atoms with E-state index in [9.17, 15) is 0 Å². The lowest BCUT2D eigenvalue weighted by Crippen LogP contribution is -2.11. The maximum absolute atomic E-state index is 6.67. The summed E-state index contributed by atoms with van der Waals surface area (Å²) in [6.07, 6.45) is 0. The van der Waals surface area contributed by atoms with E-state index in [2.05, 4.69) is 193 Å². The third kappa shape index (κ3) is 4.83. The Morgan fingerprint density at radius 1 is 0.333 bits per heavy atom. The molecule has 0 saturated heterocycles. The minimum atomic E-state index is 0.876. The van der Waals surface area contributed by atoms with Crippen LogP contribution >= 0.6 is 0 Å². The Morgan fingerprint density at radius 2 is 0.833 bits per heavy atom. The van der Waals surface area contributed by atoms with Gasteiger partial charge >= 0.3 is 0 Å². The maximum atomic E-state index is 6.67. The third-order valence-electron chi connectivity index (χ3n) is 9.29. The molecule has 2 heteroatoms. The monoisotopic (exact) mass is 613 g/mol. The fourth-order valence-electron chi connectivity index (χ4n) is 7.01. The summed E-state index contributed by atoms with van der Waals surface area (Å²) in [5, 5.41) is 2.26. The Labute approximate surface area is 280 Å². The molecular formula is C46H31NO. The van der Waals surface area contributed by atoms with Crippen molar-refractivity contribution in [1.29, 1.82) is 0 Å². The fourth-order valence-corrected chi connectivity index (χ4v) is 7.01. The first-order valence-electron chi connectivity index (χ1n) is 16.4. The number of hydrogen-bond donors (Lipinski definition) is 0. The summed E-state index contributed by atoms with van der Waals surface area (Å²) in [7, 11) is 0. The second-order valence-corrected chi connectivity index (χ2v) is 12.1. The minimum absolute atomic E-state index is 0.876. The Kier molecular flexibility index (Phi) is 6.84. The molecule has 0 unspecified atom stereocenters. The van der Waals surface area contributed by atoms with Gasteiger partial charge < -0.3 is 9.64 Å². The predicted octanol–water partition coefficient (Wildman–Crippen LogP) is 13.1. The molecule has 1 heterocycles. The van der Waals surface area contributed by atoms with Gasteiger partial charge in [0, 0.05) is 27.7 Å². The summed E-state index contributed by atoms with van der Waals surface area (Å²) in [6.45, 7) is 0. The van der Waals surface area contributed by atoms with Crippen molar-refractivity contribution < 1.29 is 4.74 Å². The highest BCUT2D eigenvalue weighted by Gasteiger charge is 2.26. The third-order valence-corrected chi connectivity index (χ3v) is 9.29. The van der Waals surface area contributed by atoms with Gasteiger partial charge in [-0.3, -0.25) is 0 Å². The number of rotatable bonds is 6. The van der Waals surface area contributed by atoms with E-state index in [4.69, 9.17) is 4.74 Å². The van der Waals surface area contributed by atoms with Crippen LogP contribution in [0.1, 0.15) is 0 Å². The van der Waals surface area contributed by atoms with Crippen LogP contribution in [-0.2, 0) is 0 Å². The van der Waals surface area contributed by atoms with Gasteiger partial charge in [0.15, 0.2) is 0 Å². The first kappa shape index (κ1) is 27.9. The number of nitrogens with zero attached hydrogens (tertiary/aromatic N) is 1. The highest BCUT2D eigenvalue weighted by molar-refractivity contribution is 6.13. The first-order chi connectivity index (χ1) is 23.8. The number of benzene rings is 8. The van der Waals surface area contributed by atoms with Crippen molar-refractivity contribution >= 4 is 27.8 Å². The van der Waals surface area contributed by atoms with Gasteiger partial charge in [0.05, 0.1) is 5.69 Å². The van der Waals surface area contributed by atoms with Gasteiger partial charge in [-0.25, -0.2) is 0 Å². The molecule has 0 saturated carbocycles. The second kappa shape index (κ2) is 11.8. The molecule has 0 spiro atoms. The molecule has 1 aliphatic rings. The van der Waals surface area contributed by atoms with Crippen molar-refractivity contribution in [2.75, 3.05) is 4.90 Å². The standard InChI is InChI=1S/C46H31NO/c1-4-12-32(13-5-1)34-22-26-37(27-23-34)47(38-28-24-35(25-29-38)33-14-6-2-7-15-33)42-31-30-41-45-39(36-16-8-3-9-17-36)18-10-20-43(45)48-44-21-11-19-40(42)46(41)44/h1-31H. The average molecular weight is 614 g/mol. The van der Waals surface area contributed by atoms with E-state index in [1.54, 1.807) is 0 Å². The summed E-state index contributed by atoms with van der Waals surface area (Å²) in [5.41, 5.74) is 12.7. The van der Waals surface area contributed by atoms with E-state index in [0.29, 0.717) is 0 Å². The summed E-state index contributed by atoms with van der Waals surface area (Å²) in [4.78, 5) is 2.37. The van der Waals surface area contributed by atoms with Gasteiger partial charge in [-0.2, -0.15) is 0 Å². The molecule has 0 amide bonds. The number of ether oxygens (including phenoxy) is 1. The average Bonchev–Trinajstić information content (AvgIpc) is 3.17. The van der Waals surface area contributed by atoms with Gasteiger partial charge in [0.2, 0.25) is 0 Å². The molecule has 8 aromatic carbocycles. The Morgan fingerprint density at radius 3 is 1.42 bits per heavy atom. The molecule has 8 aromatic rings. The van der Waals surface area contributed by atoms with Crippen LogP contribution in [0.15, 0.2) is 188 Å². The molecule has 0 atom stereocenters. The predicted molar refractivity (Wildman–Crippen MR) is 200 cm³/mol. The topological polar surface area (TPSA) is 12.5 Å². The Balaban J connectivity index is 1.23. The SMILES string of the molecule is c1ccc(-c2ccc(N(c3ccc(-c4ccccc4)cc3)c3ccc4c5c(cccc35)Oc3cccc(-c5ccccc5)c3-4)cc2)cc1. The molecule has 0 aliphatic carbocycles. The number of fused-ring (bicyclic) bond motifs is 2. The zero-order valence-corrected chi connectivity index (χ0v) is 26.3. The van der Waals surface area contributed by atoms with Crippen molar-refractivity contribution in [3.8, 4) is 56.0 Å². The van der Waals surface area contributed by atoms with Crippen LogP contribution in [0.25, 0.3) is 55.3 Å². The van der Waals surface area contributed by atoms with Crippen molar-refractivity contribution in [3.05, 3.63) is 188 Å². The maximum Gasteiger partial charge on any atom is 0.135 e. The van der Waals surface area contributed by atoms with E-state index in [0.717, 1.165) is 44.9 Å². The molecule has 0 N–H and O–H groups in total. The van der Waals surface area contributed by atoms with E-state index in [-0.39, 0.29) is 0 Å². The summed E-state index contributed by atoms with van der Waals surface area (Å²) < 4.78 is 6.67. The smallest absolute Gasteiger partial charge is 0.135 e. The zero-order valence-electron chi connectivity index (χ0n) is 26.3. The van der Waals surface area contributed by atoms with Crippen LogP contribution in [0.4, 0.5) is 17.1 Å². The van der Waals surface area contributed by atoms with E-state index in [1.807, 2.05) is 0 Å². The quantitative estimate of drug-likeness (QED) is 0.185. The molecule has 0 radical (unpaired) electrons. The minimum Gasteiger partial charge on any atom is -0.456 e. The van der Waals surface area contributed by atoms with Crippen molar-refractivity contribution in [2.24, 2.45) is 0 Å². The lowest BCUT2D eigenvalue weighted by Gasteiger charge is -2.30. The van der Waals surface area contributed by atoms with E-state index in [1.165, 1.54) is 38.9 Å². The molecule has 0 bridgehead atoms. The Hall–Kier alpha value is -6.38. The van der Waals surface area contributed by atoms with E-state index >= 15 is 0 Å². The normalized spacial score (nSPS) is 11.5. The zero-order chi connectivity index (χ0) is 31.9. The molecule has 0 aromatic heterocycles. The lowest BCUT2D eigenvalue weighted by molar-refractivity contribution is 0.487. The molecular weight excluding hydrogens is 583 g/mol. The number of hydrogen-bond acceptors (Lipinski definition) is 2. The highest BCUT2D eigenvalue weighted by Crippen LogP contribution is 2.53. The highest BCUT2D eigenvalue weighted by atomic mass is 16.5. The van der Waals surface area contributed by atoms with Gasteiger partial charge in [0.25, 0.3) is 0 Å². The van der Waals surface area contributed by atoms with Crippen LogP contribution in [-0.4, -0.2) is 0 Å². The van der Waals surface area contributed by atoms with Gasteiger partial charge in [0.1, 0.15) is 11.5 Å². The number of anilines is 3. The summed E-state index contributed by atoms with van der Waals surface area (Å²) in [6, 6.07) is 66.7. The Bertz CT molecular complexity index is 2300. The molecule has 48 heavy (non-hydrogen) atoms. The van der Waals surface area contributed by atoms with Crippen molar-refractivity contribution in [1.82, 2.24) is 0 Å². The van der Waals surface area contributed by atoms with Crippen molar-refractivity contribution in [3.63, 3.8) is 0 Å².